The number of carbonyl (C=O) groups is 1. The maximum atomic E-state index is 13.3. The molecule has 1 atom stereocenters. The van der Waals surface area contributed by atoms with Gasteiger partial charge >= 0.3 is 6.01 Å². The van der Waals surface area contributed by atoms with Crippen molar-refractivity contribution < 1.29 is 17.6 Å². The Hall–Kier alpha value is -3.45. The number of rotatable bonds is 6. The van der Waals surface area contributed by atoms with Gasteiger partial charge < -0.3 is 4.42 Å². The summed E-state index contributed by atoms with van der Waals surface area (Å²) in [7, 11) is -3.32. The first-order chi connectivity index (χ1) is 14.8. The van der Waals surface area contributed by atoms with E-state index in [0.29, 0.717) is 23.1 Å². The van der Waals surface area contributed by atoms with Gasteiger partial charge in [0.05, 0.1) is 10.8 Å². The molecule has 0 saturated heterocycles. The topological polar surface area (TPSA) is 89.3 Å². The Morgan fingerprint density at radius 1 is 1.00 bits per heavy atom. The molecule has 0 aliphatic heterocycles. The van der Waals surface area contributed by atoms with Crippen LogP contribution in [0.5, 0.6) is 0 Å². The molecular weight excluding hydrogens is 412 g/mol. The van der Waals surface area contributed by atoms with Gasteiger partial charge in [0.1, 0.15) is 5.52 Å². The predicted octanol–water partition coefficient (Wildman–Crippen LogP) is 4.50. The van der Waals surface area contributed by atoms with E-state index < -0.39 is 15.8 Å². The summed E-state index contributed by atoms with van der Waals surface area (Å²) in [5.74, 6) is -0.827. The lowest BCUT2D eigenvalue weighted by Crippen LogP contribution is -2.23. The number of oxazole rings is 1. The van der Waals surface area contributed by atoms with Gasteiger partial charge in [-0.3, -0.25) is 10.1 Å². The third-order valence-electron chi connectivity index (χ3n) is 5.24. The fourth-order valence-corrected chi connectivity index (χ4v) is 4.12. The first-order valence-corrected chi connectivity index (χ1v) is 11.7. The zero-order valence-corrected chi connectivity index (χ0v) is 18.0. The fourth-order valence-electron chi connectivity index (χ4n) is 3.49. The number of aryl methyl sites for hydroxylation is 1. The summed E-state index contributed by atoms with van der Waals surface area (Å²) < 4.78 is 29.3. The van der Waals surface area contributed by atoms with Crippen molar-refractivity contribution in [2.45, 2.75) is 24.2 Å². The molecule has 0 aliphatic rings. The van der Waals surface area contributed by atoms with E-state index >= 15 is 0 Å². The molecular formula is C24H22N2O4S. The highest BCUT2D eigenvalue weighted by Crippen LogP contribution is 2.27. The van der Waals surface area contributed by atoms with Crippen LogP contribution in [0.2, 0.25) is 0 Å². The van der Waals surface area contributed by atoms with Gasteiger partial charge in [0, 0.05) is 6.26 Å². The van der Waals surface area contributed by atoms with E-state index in [-0.39, 0.29) is 16.8 Å². The highest BCUT2D eigenvalue weighted by Gasteiger charge is 2.24. The van der Waals surface area contributed by atoms with E-state index in [1.807, 2.05) is 49.4 Å². The van der Waals surface area contributed by atoms with Gasteiger partial charge in [0.15, 0.2) is 15.4 Å². The number of fused-ring (bicyclic) bond motifs is 1. The van der Waals surface area contributed by atoms with Crippen molar-refractivity contribution in [3.63, 3.8) is 0 Å². The lowest BCUT2D eigenvalue weighted by molar-refractivity contribution is -0.117. The maximum absolute atomic E-state index is 13.3. The minimum atomic E-state index is -3.32. The van der Waals surface area contributed by atoms with Gasteiger partial charge in [-0.1, -0.05) is 48.5 Å². The summed E-state index contributed by atoms with van der Waals surface area (Å²) in [5, 5.41) is 2.78. The highest BCUT2D eigenvalue weighted by atomic mass is 32.2. The van der Waals surface area contributed by atoms with Gasteiger partial charge in [-0.05, 0) is 54.3 Å². The molecule has 0 saturated carbocycles. The van der Waals surface area contributed by atoms with Crippen molar-refractivity contribution in [1.82, 2.24) is 4.98 Å². The second kappa shape index (κ2) is 8.35. The van der Waals surface area contributed by atoms with E-state index in [2.05, 4.69) is 10.3 Å². The van der Waals surface area contributed by atoms with Crippen molar-refractivity contribution in [2.75, 3.05) is 11.6 Å². The van der Waals surface area contributed by atoms with Crippen LogP contribution in [0.3, 0.4) is 0 Å². The third kappa shape index (κ3) is 4.67. The molecule has 0 spiro atoms. The number of aromatic nitrogens is 1. The molecule has 158 valence electrons. The van der Waals surface area contributed by atoms with E-state index in [1.54, 1.807) is 18.2 Å². The Morgan fingerprint density at radius 3 is 2.35 bits per heavy atom. The number of nitrogens with one attached hydrogen (secondary N) is 1. The third-order valence-corrected chi connectivity index (χ3v) is 6.36. The average molecular weight is 435 g/mol. The molecule has 1 heterocycles. The number of amides is 1. The number of para-hydroxylation sites is 2. The molecule has 1 amide bonds. The molecule has 0 bridgehead atoms. The smallest absolute Gasteiger partial charge is 0.302 e. The van der Waals surface area contributed by atoms with Crippen LogP contribution >= 0.6 is 0 Å². The summed E-state index contributed by atoms with van der Waals surface area (Å²) in [4.78, 5) is 17.8. The van der Waals surface area contributed by atoms with E-state index in [1.165, 1.54) is 12.1 Å². The van der Waals surface area contributed by atoms with Crippen LogP contribution in [0, 0.1) is 6.92 Å². The lowest BCUT2D eigenvalue weighted by Gasteiger charge is -2.18. The Morgan fingerprint density at radius 2 is 1.68 bits per heavy atom. The summed E-state index contributed by atoms with van der Waals surface area (Å²) in [6.45, 7) is 2.00. The highest BCUT2D eigenvalue weighted by molar-refractivity contribution is 7.90. The quantitative estimate of drug-likeness (QED) is 0.482. The van der Waals surface area contributed by atoms with E-state index in [4.69, 9.17) is 4.42 Å². The minimum absolute atomic E-state index is 0.133. The minimum Gasteiger partial charge on any atom is -0.423 e. The Balaban J connectivity index is 1.67. The van der Waals surface area contributed by atoms with Gasteiger partial charge in [-0.2, -0.15) is 4.98 Å². The predicted molar refractivity (Wildman–Crippen MR) is 120 cm³/mol. The van der Waals surface area contributed by atoms with E-state index in [9.17, 15) is 13.2 Å². The number of hydrogen-bond acceptors (Lipinski definition) is 5. The summed E-state index contributed by atoms with van der Waals surface area (Å²) >= 11 is 0. The first kappa shape index (κ1) is 20.8. The van der Waals surface area contributed by atoms with Crippen LogP contribution in [0.25, 0.3) is 11.1 Å². The summed E-state index contributed by atoms with van der Waals surface area (Å²) in [5.41, 5.74) is 4.07. The molecule has 4 aromatic rings. The Bertz CT molecular complexity index is 1310. The van der Waals surface area contributed by atoms with Crippen LogP contribution in [0.15, 0.2) is 82.1 Å². The first-order valence-electron chi connectivity index (χ1n) is 9.82. The van der Waals surface area contributed by atoms with Crippen LogP contribution in [0.4, 0.5) is 6.01 Å². The molecule has 1 aromatic heterocycles. The zero-order valence-electron chi connectivity index (χ0n) is 17.2. The van der Waals surface area contributed by atoms with Crippen molar-refractivity contribution in [3.05, 3.63) is 89.5 Å². The van der Waals surface area contributed by atoms with Crippen molar-refractivity contribution in [2.24, 2.45) is 0 Å². The molecule has 0 radical (unpaired) electrons. The van der Waals surface area contributed by atoms with Gasteiger partial charge in [-0.25, -0.2) is 8.42 Å². The zero-order chi connectivity index (χ0) is 22.0. The van der Waals surface area contributed by atoms with Gasteiger partial charge in [0.2, 0.25) is 5.91 Å². The van der Waals surface area contributed by atoms with Crippen LogP contribution in [-0.2, 0) is 21.1 Å². The molecule has 1 N–H and O–H groups in total. The fraction of sp³-hybridized carbons (Fsp3) is 0.167. The normalized spacial score (nSPS) is 12.6. The van der Waals surface area contributed by atoms with Gasteiger partial charge in [-0.15, -0.1) is 0 Å². The molecule has 4 rings (SSSR count). The molecule has 1 unspecified atom stereocenters. The lowest BCUT2D eigenvalue weighted by atomic mass is 9.89. The van der Waals surface area contributed by atoms with Crippen molar-refractivity contribution in [3.8, 4) is 0 Å². The number of nitrogens with zero attached hydrogens (tertiary/aromatic N) is 1. The van der Waals surface area contributed by atoms with E-state index in [0.717, 1.165) is 17.4 Å². The SMILES string of the molecule is Cc1ccccc1CC(C(=O)Nc1nc2ccccc2o1)c1ccc(S(C)(=O)=O)cc1. The second-order valence-corrected chi connectivity index (χ2v) is 9.52. The number of hydrogen-bond donors (Lipinski definition) is 1. The number of carbonyl (C=O) groups excluding carboxylic acids is 1. The number of anilines is 1. The van der Waals surface area contributed by atoms with Crippen LogP contribution in [-0.4, -0.2) is 25.6 Å². The van der Waals surface area contributed by atoms with Crippen LogP contribution < -0.4 is 5.32 Å². The molecule has 31 heavy (non-hydrogen) atoms. The Labute approximate surface area is 180 Å². The standard InChI is InChI=1S/C24H22N2O4S/c1-16-7-3-4-8-18(16)15-20(17-11-13-19(14-12-17)31(2,28)29)23(27)26-24-25-21-9-5-6-10-22(21)30-24/h3-14,20H,15H2,1-2H3,(H,25,26,27). The maximum Gasteiger partial charge on any atom is 0.302 e. The summed E-state index contributed by atoms with van der Waals surface area (Å²) in [6, 6.07) is 21.7. The van der Waals surface area contributed by atoms with Crippen molar-refractivity contribution >= 4 is 32.9 Å². The molecule has 7 heteroatoms. The largest absolute Gasteiger partial charge is 0.423 e. The molecule has 6 nitrogen and oxygen atoms in total. The Kier molecular flexibility index (Phi) is 5.61. The van der Waals surface area contributed by atoms with Gasteiger partial charge in [0.25, 0.3) is 0 Å². The number of benzene rings is 3. The van der Waals surface area contributed by atoms with Crippen LogP contribution in [0.1, 0.15) is 22.6 Å². The van der Waals surface area contributed by atoms with Crippen molar-refractivity contribution in [1.29, 1.82) is 0 Å². The second-order valence-electron chi connectivity index (χ2n) is 7.50. The number of sulfone groups is 1. The molecule has 3 aromatic carbocycles. The average Bonchev–Trinajstić information content (AvgIpc) is 3.15. The molecule has 0 fully saturated rings. The monoisotopic (exact) mass is 434 g/mol. The molecule has 0 aliphatic carbocycles. The summed E-state index contributed by atoms with van der Waals surface area (Å²) in [6.07, 6.45) is 1.61.